The zero-order valence-corrected chi connectivity index (χ0v) is 8.88. The molecule has 0 bridgehead atoms. The van der Waals surface area contributed by atoms with Crippen LogP contribution in [0.5, 0.6) is 0 Å². The van der Waals surface area contributed by atoms with Crippen LogP contribution in [0, 0.1) is 0 Å². The minimum atomic E-state index is 0.501. The Balaban J connectivity index is 2.26. The second kappa shape index (κ2) is 3.83. The Labute approximate surface area is 85.6 Å². The minimum absolute atomic E-state index is 0.501. The predicted octanol–water partition coefficient (Wildman–Crippen LogP) is 1.84. The van der Waals surface area contributed by atoms with E-state index < -0.39 is 0 Å². The Kier molecular flexibility index (Phi) is 2.53. The number of nitrogens with one attached hydrogen (secondary N) is 1. The maximum Gasteiger partial charge on any atom is 0.223 e. The molecule has 0 aliphatic carbocycles. The number of hydrogen-bond acceptors (Lipinski definition) is 5. The van der Waals surface area contributed by atoms with E-state index in [-0.39, 0.29) is 0 Å². The van der Waals surface area contributed by atoms with Crippen LogP contribution in [0.2, 0.25) is 0 Å². The zero-order chi connectivity index (χ0) is 9.97. The predicted molar refractivity (Wildman–Crippen MR) is 54.0 cm³/mol. The number of rotatable bonds is 3. The summed E-state index contributed by atoms with van der Waals surface area (Å²) >= 11 is 1.65. The molecule has 2 aromatic heterocycles. The third kappa shape index (κ3) is 1.65. The van der Waals surface area contributed by atoms with Gasteiger partial charge in [-0.3, -0.25) is 0 Å². The SMILES string of the molecule is CCC(C)c1nc(-c2nn[nH]n2)cs1. The smallest absolute Gasteiger partial charge is 0.223 e. The van der Waals surface area contributed by atoms with E-state index in [1.54, 1.807) is 11.3 Å². The number of thiazole rings is 1. The molecule has 5 nitrogen and oxygen atoms in total. The number of H-pyrrole nitrogens is 1. The van der Waals surface area contributed by atoms with Gasteiger partial charge in [-0.05, 0) is 11.6 Å². The second-order valence-corrected chi connectivity index (χ2v) is 4.01. The Morgan fingerprint density at radius 3 is 3.07 bits per heavy atom. The topological polar surface area (TPSA) is 67.3 Å². The minimum Gasteiger partial charge on any atom is -0.237 e. The molecule has 74 valence electrons. The monoisotopic (exact) mass is 209 g/mol. The van der Waals surface area contributed by atoms with Crippen LogP contribution in [0.4, 0.5) is 0 Å². The number of aromatic nitrogens is 5. The van der Waals surface area contributed by atoms with E-state index in [4.69, 9.17) is 0 Å². The molecule has 6 heteroatoms. The van der Waals surface area contributed by atoms with Crippen LogP contribution in [-0.4, -0.2) is 25.6 Å². The summed E-state index contributed by atoms with van der Waals surface area (Å²) < 4.78 is 0. The highest BCUT2D eigenvalue weighted by Crippen LogP contribution is 2.25. The van der Waals surface area contributed by atoms with Gasteiger partial charge < -0.3 is 0 Å². The van der Waals surface area contributed by atoms with Crippen LogP contribution < -0.4 is 0 Å². The van der Waals surface area contributed by atoms with Crippen LogP contribution in [-0.2, 0) is 0 Å². The molecule has 1 N–H and O–H groups in total. The van der Waals surface area contributed by atoms with Crippen molar-refractivity contribution in [1.82, 2.24) is 25.6 Å². The number of nitrogens with zero attached hydrogens (tertiary/aromatic N) is 4. The van der Waals surface area contributed by atoms with Crippen LogP contribution >= 0.6 is 11.3 Å². The normalized spacial score (nSPS) is 13.0. The van der Waals surface area contributed by atoms with E-state index in [0.717, 1.165) is 17.1 Å². The lowest BCUT2D eigenvalue weighted by atomic mass is 10.1. The van der Waals surface area contributed by atoms with Crippen molar-refractivity contribution in [3.05, 3.63) is 10.4 Å². The molecule has 0 aliphatic rings. The maximum absolute atomic E-state index is 4.46. The lowest BCUT2D eigenvalue weighted by Crippen LogP contribution is -1.90. The van der Waals surface area contributed by atoms with E-state index in [1.807, 2.05) is 5.38 Å². The largest absolute Gasteiger partial charge is 0.237 e. The highest BCUT2D eigenvalue weighted by molar-refractivity contribution is 7.10. The summed E-state index contributed by atoms with van der Waals surface area (Å²) in [5.41, 5.74) is 0.805. The summed E-state index contributed by atoms with van der Waals surface area (Å²) in [5, 5.41) is 16.8. The fourth-order valence-electron chi connectivity index (χ4n) is 1.06. The average Bonchev–Trinajstić information content (AvgIpc) is 2.86. The van der Waals surface area contributed by atoms with Crippen molar-refractivity contribution in [2.45, 2.75) is 26.2 Å². The third-order valence-electron chi connectivity index (χ3n) is 2.13. The molecule has 0 spiro atoms. The molecular weight excluding hydrogens is 198 g/mol. The van der Waals surface area contributed by atoms with Crippen molar-refractivity contribution in [3.63, 3.8) is 0 Å². The first-order valence-corrected chi connectivity index (χ1v) is 5.38. The third-order valence-corrected chi connectivity index (χ3v) is 3.21. The van der Waals surface area contributed by atoms with Gasteiger partial charge >= 0.3 is 0 Å². The van der Waals surface area contributed by atoms with Gasteiger partial charge in [0.1, 0.15) is 5.69 Å². The van der Waals surface area contributed by atoms with Crippen LogP contribution in [0.1, 0.15) is 31.2 Å². The summed E-state index contributed by atoms with van der Waals surface area (Å²) in [6.07, 6.45) is 1.10. The molecule has 0 aliphatic heterocycles. The van der Waals surface area contributed by atoms with Gasteiger partial charge in [-0.1, -0.05) is 13.8 Å². The van der Waals surface area contributed by atoms with Gasteiger partial charge in [0, 0.05) is 11.3 Å². The fraction of sp³-hybridized carbons (Fsp3) is 0.500. The van der Waals surface area contributed by atoms with E-state index in [0.29, 0.717) is 11.7 Å². The van der Waals surface area contributed by atoms with Crippen molar-refractivity contribution in [2.75, 3.05) is 0 Å². The molecule has 0 amide bonds. The highest BCUT2D eigenvalue weighted by Gasteiger charge is 2.11. The lowest BCUT2D eigenvalue weighted by molar-refractivity contribution is 0.727. The molecule has 2 aromatic rings. The second-order valence-electron chi connectivity index (χ2n) is 3.12. The zero-order valence-electron chi connectivity index (χ0n) is 8.06. The molecule has 0 fully saturated rings. The summed E-state index contributed by atoms with van der Waals surface area (Å²) in [6.45, 7) is 4.32. The quantitative estimate of drug-likeness (QED) is 0.837. The van der Waals surface area contributed by atoms with E-state index in [9.17, 15) is 0 Å². The Morgan fingerprint density at radius 2 is 2.43 bits per heavy atom. The summed E-state index contributed by atoms with van der Waals surface area (Å²) in [4.78, 5) is 4.46. The van der Waals surface area contributed by atoms with Gasteiger partial charge in [-0.2, -0.15) is 5.21 Å². The van der Waals surface area contributed by atoms with Gasteiger partial charge in [0.25, 0.3) is 0 Å². The van der Waals surface area contributed by atoms with E-state index in [1.165, 1.54) is 0 Å². The molecule has 0 radical (unpaired) electrons. The number of aromatic amines is 1. The van der Waals surface area contributed by atoms with Gasteiger partial charge in [-0.15, -0.1) is 21.5 Å². The molecule has 0 aromatic carbocycles. The Morgan fingerprint density at radius 1 is 1.57 bits per heavy atom. The van der Waals surface area contributed by atoms with E-state index in [2.05, 4.69) is 39.5 Å². The molecule has 2 heterocycles. The molecule has 0 saturated carbocycles. The van der Waals surface area contributed by atoms with Crippen molar-refractivity contribution in [2.24, 2.45) is 0 Å². The van der Waals surface area contributed by atoms with Crippen LogP contribution in [0.25, 0.3) is 11.5 Å². The fourth-order valence-corrected chi connectivity index (χ4v) is 2.00. The molecule has 14 heavy (non-hydrogen) atoms. The standard InChI is InChI=1S/C8H11N5S/c1-3-5(2)8-9-6(4-14-8)7-10-12-13-11-7/h4-5H,3H2,1-2H3,(H,10,11,12,13). The Bertz CT molecular complexity index is 394. The summed E-state index contributed by atoms with van der Waals surface area (Å²) in [7, 11) is 0. The van der Waals surface area contributed by atoms with Gasteiger partial charge in [0.05, 0.1) is 5.01 Å². The first kappa shape index (κ1) is 9.26. The molecule has 1 unspecified atom stereocenters. The van der Waals surface area contributed by atoms with Crippen molar-refractivity contribution < 1.29 is 0 Å². The van der Waals surface area contributed by atoms with E-state index >= 15 is 0 Å². The van der Waals surface area contributed by atoms with Crippen molar-refractivity contribution in [3.8, 4) is 11.5 Å². The first-order chi connectivity index (χ1) is 6.81. The van der Waals surface area contributed by atoms with Crippen molar-refractivity contribution >= 4 is 11.3 Å². The summed E-state index contributed by atoms with van der Waals surface area (Å²) in [5.74, 6) is 1.07. The molecule has 1 atom stereocenters. The maximum atomic E-state index is 4.46. The van der Waals surface area contributed by atoms with Crippen LogP contribution in [0.3, 0.4) is 0 Å². The van der Waals surface area contributed by atoms with Gasteiger partial charge in [-0.25, -0.2) is 4.98 Å². The molecular formula is C8H11N5S. The van der Waals surface area contributed by atoms with Gasteiger partial charge in [0.2, 0.25) is 5.82 Å². The Hall–Kier alpha value is -1.30. The highest BCUT2D eigenvalue weighted by atomic mass is 32.1. The molecule has 0 saturated heterocycles. The average molecular weight is 209 g/mol. The van der Waals surface area contributed by atoms with Crippen molar-refractivity contribution in [1.29, 1.82) is 0 Å². The van der Waals surface area contributed by atoms with Crippen LogP contribution in [0.15, 0.2) is 5.38 Å². The number of hydrogen-bond donors (Lipinski definition) is 1. The molecule has 2 rings (SSSR count). The number of tetrazole rings is 1. The first-order valence-electron chi connectivity index (χ1n) is 4.50. The summed E-state index contributed by atoms with van der Waals surface area (Å²) in [6, 6.07) is 0. The lowest BCUT2D eigenvalue weighted by Gasteiger charge is -2.01. The van der Waals surface area contributed by atoms with Gasteiger partial charge in [0.15, 0.2) is 0 Å².